The van der Waals surface area contributed by atoms with Gasteiger partial charge in [0.1, 0.15) is 16.0 Å². The van der Waals surface area contributed by atoms with Crippen LogP contribution in [0.1, 0.15) is 16.2 Å². The molecule has 2 rings (SSSR count). The number of aryl methyl sites for hydroxylation is 1. The second-order valence-electron chi connectivity index (χ2n) is 3.18. The fourth-order valence-corrected chi connectivity index (χ4v) is 2.56. The minimum atomic E-state index is 0.222. The summed E-state index contributed by atoms with van der Waals surface area (Å²) in [6.45, 7) is 3.15. The number of thioether (sulfide) groups is 1. The summed E-state index contributed by atoms with van der Waals surface area (Å²) in [5.74, 6) is 0.577. The molecule has 80 valence electrons. The zero-order valence-corrected chi connectivity index (χ0v) is 9.64. The number of ether oxygens (including phenoxy) is 1. The predicted octanol–water partition coefficient (Wildman–Crippen LogP) is 1.74. The van der Waals surface area contributed by atoms with Crippen molar-refractivity contribution < 1.29 is 9.53 Å². The molecular weight excluding hydrogens is 236 g/mol. The van der Waals surface area contributed by atoms with E-state index in [4.69, 9.17) is 16.3 Å². The summed E-state index contributed by atoms with van der Waals surface area (Å²) in [6.07, 6.45) is 0.698. The molecule has 0 N–H and O–H groups in total. The summed E-state index contributed by atoms with van der Waals surface area (Å²) in [5.41, 5.74) is 0.374. The van der Waals surface area contributed by atoms with Crippen molar-refractivity contribution in [3.05, 3.63) is 16.5 Å². The quantitative estimate of drug-likeness (QED) is 0.599. The number of rotatable bonds is 3. The van der Waals surface area contributed by atoms with Gasteiger partial charge in [0, 0.05) is 0 Å². The van der Waals surface area contributed by atoms with Gasteiger partial charge in [-0.15, -0.1) is 0 Å². The van der Waals surface area contributed by atoms with Crippen molar-refractivity contribution in [2.45, 2.75) is 17.2 Å². The third-order valence-corrected chi connectivity index (χ3v) is 3.41. The van der Waals surface area contributed by atoms with Crippen LogP contribution < -0.4 is 0 Å². The van der Waals surface area contributed by atoms with E-state index in [1.807, 2.05) is 0 Å². The number of carbonyl (C=O) groups excluding carboxylic acids is 1. The van der Waals surface area contributed by atoms with Crippen molar-refractivity contribution in [3.8, 4) is 0 Å². The summed E-state index contributed by atoms with van der Waals surface area (Å²) in [7, 11) is 0. The van der Waals surface area contributed by atoms with E-state index < -0.39 is 0 Å². The highest BCUT2D eigenvalue weighted by atomic mass is 35.5. The lowest BCUT2D eigenvalue weighted by molar-refractivity contribution is 0.0454. The van der Waals surface area contributed by atoms with Gasteiger partial charge in [-0.05, 0) is 6.92 Å². The van der Waals surface area contributed by atoms with Crippen molar-refractivity contribution in [1.82, 2.24) is 9.97 Å². The average molecular weight is 245 g/mol. The van der Waals surface area contributed by atoms with Crippen LogP contribution in [0.15, 0.2) is 5.03 Å². The van der Waals surface area contributed by atoms with Crippen LogP contribution in [0.3, 0.4) is 0 Å². The molecule has 1 aliphatic heterocycles. The van der Waals surface area contributed by atoms with Gasteiger partial charge in [0.05, 0.1) is 24.0 Å². The van der Waals surface area contributed by atoms with E-state index >= 15 is 0 Å². The number of nitrogens with zero attached hydrogens (tertiary/aromatic N) is 2. The molecule has 0 aromatic carbocycles. The monoisotopic (exact) mass is 244 g/mol. The van der Waals surface area contributed by atoms with E-state index in [0.717, 1.165) is 0 Å². The number of aldehydes is 1. The van der Waals surface area contributed by atoms with Crippen molar-refractivity contribution >= 4 is 29.6 Å². The highest BCUT2D eigenvalue weighted by molar-refractivity contribution is 8.00. The first kappa shape index (κ1) is 10.9. The Labute approximate surface area is 96.4 Å². The number of halogens is 1. The molecule has 0 atom stereocenters. The smallest absolute Gasteiger partial charge is 0.155 e. The Morgan fingerprint density at radius 2 is 2.27 bits per heavy atom. The zero-order valence-electron chi connectivity index (χ0n) is 8.07. The molecule has 0 aliphatic carbocycles. The fourth-order valence-electron chi connectivity index (χ4n) is 1.15. The lowest BCUT2D eigenvalue weighted by Gasteiger charge is -2.25. The van der Waals surface area contributed by atoms with Gasteiger partial charge >= 0.3 is 0 Å². The van der Waals surface area contributed by atoms with Crippen LogP contribution in [-0.2, 0) is 4.74 Å². The van der Waals surface area contributed by atoms with E-state index in [2.05, 4.69) is 9.97 Å². The van der Waals surface area contributed by atoms with Crippen LogP contribution >= 0.6 is 23.4 Å². The molecule has 0 spiro atoms. The summed E-state index contributed by atoms with van der Waals surface area (Å²) in [5, 5.41) is 1.24. The maximum atomic E-state index is 10.8. The van der Waals surface area contributed by atoms with Crippen molar-refractivity contribution in [2.75, 3.05) is 13.2 Å². The first-order valence-electron chi connectivity index (χ1n) is 4.44. The summed E-state index contributed by atoms with van der Waals surface area (Å²) < 4.78 is 5.06. The van der Waals surface area contributed by atoms with Crippen LogP contribution in [0.2, 0.25) is 5.15 Å². The molecule has 15 heavy (non-hydrogen) atoms. The van der Waals surface area contributed by atoms with E-state index in [0.29, 0.717) is 41.2 Å². The number of hydrogen-bond acceptors (Lipinski definition) is 5. The summed E-state index contributed by atoms with van der Waals surface area (Å²) >= 11 is 7.37. The molecule has 1 aromatic heterocycles. The second kappa shape index (κ2) is 4.47. The minimum absolute atomic E-state index is 0.222. The lowest BCUT2D eigenvalue weighted by atomic mass is 10.4. The van der Waals surface area contributed by atoms with Crippen LogP contribution in [0.4, 0.5) is 0 Å². The van der Waals surface area contributed by atoms with Gasteiger partial charge in [-0.25, -0.2) is 9.97 Å². The Morgan fingerprint density at radius 3 is 2.80 bits per heavy atom. The number of hydrogen-bond donors (Lipinski definition) is 0. The van der Waals surface area contributed by atoms with Crippen LogP contribution in [-0.4, -0.2) is 34.7 Å². The highest BCUT2D eigenvalue weighted by Crippen LogP contribution is 2.30. The maximum Gasteiger partial charge on any atom is 0.155 e. The maximum absolute atomic E-state index is 10.8. The number of aromatic nitrogens is 2. The Hall–Kier alpha value is -0.650. The first-order valence-corrected chi connectivity index (χ1v) is 5.70. The molecule has 1 fully saturated rings. The first-order chi connectivity index (χ1) is 7.20. The molecule has 1 aliphatic rings. The second-order valence-corrected chi connectivity index (χ2v) is 4.82. The Kier molecular flexibility index (Phi) is 3.23. The molecule has 0 radical (unpaired) electrons. The Morgan fingerprint density at radius 1 is 1.53 bits per heavy atom. The third-order valence-electron chi connectivity index (χ3n) is 1.98. The van der Waals surface area contributed by atoms with Crippen molar-refractivity contribution in [3.63, 3.8) is 0 Å². The molecule has 0 unspecified atom stereocenters. The average Bonchev–Trinajstić information content (AvgIpc) is 2.10. The topological polar surface area (TPSA) is 52.1 Å². The molecule has 0 bridgehead atoms. The van der Waals surface area contributed by atoms with Gasteiger partial charge in [0.15, 0.2) is 6.29 Å². The van der Waals surface area contributed by atoms with Gasteiger partial charge in [-0.2, -0.15) is 0 Å². The van der Waals surface area contributed by atoms with E-state index in [1.165, 1.54) is 11.8 Å². The van der Waals surface area contributed by atoms with Crippen LogP contribution in [0.5, 0.6) is 0 Å². The van der Waals surface area contributed by atoms with Crippen molar-refractivity contribution in [2.24, 2.45) is 0 Å². The molecule has 0 amide bonds. The fraction of sp³-hybridized carbons (Fsp3) is 0.444. The molecule has 1 saturated heterocycles. The highest BCUT2D eigenvalue weighted by Gasteiger charge is 2.23. The molecular formula is C9H9ClN2O2S. The van der Waals surface area contributed by atoms with E-state index in [1.54, 1.807) is 6.92 Å². The molecule has 4 nitrogen and oxygen atoms in total. The molecule has 0 saturated carbocycles. The summed E-state index contributed by atoms with van der Waals surface area (Å²) in [4.78, 5) is 19.0. The Bertz CT molecular complexity index is 396. The largest absolute Gasteiger partial charge is 0.379 e. The van der Waals surface area contributed by atoms with Gasteiger partial charge in [0.2, 0.25) is 0 Å². The summed E-state index contributed by atoms with van der Waals surface area (Å²) in [6, 6.07) is 0. The van der Waals surface area contributed by atoms with Crippen molar-refractivity contribution in [1.29, 1.82) is 0 Å². The normalized spacial score (nSPS) is 16.1. The van der Waals surface area contributed by atoms with Gasteiger partial charge in [0.25, 0.3) is 0 Å². The van der Waals surface area contributed by atoms with Gasteiger partial charge in [-0.1, -0.05) is 23.4 Å². The zero-order chi connectivity index (χ0) is 10.8. The van der Waals surface area contributed by atoms with Crippen LogP contribution in [0, 0.1) is 6.92 Å². The SMILES string of the molecule is Cc1nc(Cl)c(C=O)c(SC2COC2)n1. The van der Waals surface area contributed by atoms with E-state index in [9.17, 15) is 4.79 Å². The third kappa shape index (κ3) is 2.30. The molecule has 6 heteroatoms. The standard InChI is InChI=1S/C9H9ClN2O2S/c1-5-11-8(10)7(2-13)9(12-5)15-6-3-14-4-6/h2,6H,3-4H2,1H3. The lowest BCUT2D eigenvalue weighted by Crippen LogP contribution is -2.30. The van der Waals surface area contributed by atoms with Gasteiger partial charge in [-0.3, -0.25) is 4.79 Å². The number of carbonyl (C=O) groups is 1. The minimum Gasteiger partial charge on any atom is -0.379 e. The van der Waals surface area contributed by atoms with E-state index in [-0.39, 0.29) is 5.15 Å². The Balaban J connectivity index is 2.29. The molecule has 2 heterocycles. The predicted molar refractivity (Wildman–Crippen MR) is 57.6 cm³/mol. The molecule has 1 aromatic rings. The van der Waals surface area contributed by atoms with Crippen LogP contribution in [0.25, 0.3) is 0 Å². The van der Waals surface area contributed by atoms with Gasteiger partial charge < -0.3 is 4.74 Å².